The number of hydrogen-bond donors (Lipinski definition) is 1. The van der Waals surface area contributed by atoms with Gasteiger partial charge in [0.2, 0.25) is 0 Å². The van der Waals surface area contributed by atoms with Crippen molar-refractivity contribution in [3.8, 4) is 0 Å². The van der Waals surface area contributed by atoms with Crippen molar-refractivity contribution < 1.29 is 19.2 Å². The van der Waals surface area contributed by atoms with Gasteiger partial charge >= 0.3 is 6.09 Å². The van der Waals surface area contributed by atoms with Crippen LogP contribution in [0.25, 0.3) is 10.8 Å². The second-order valence-electron chi connectivity index (χ2n) is 6.41. The number of imide groups is 1. The van der Waals surface area contributed by atoms with Gasteiger partial charge in [-0.15, -0.1) is 6.58 Å². The highest BCUT2D eigenvalue weighted by Crippen LogP contribution is 2.20. The smallest absolute Gasteiger partial charge is 0.316 e. The van der Waals surface area contributed by atoms with Gasteiger partial charge in [-0.3, -0.25) is 9.59 Å². The Morgan fingerprint density at radius 1 is 1.10 bits per heavy atom. The van der Waals surface area contributed by atoms with E-state index in [2.05, 4.69) is 18.8 Å². The Labute approximate surface area is 170 Å². The van der Waals surface area contributed by atoms with E-state index in [1.165, 1.54) is 12.2 Å². The van der Waals surface area contributed by atoms with E-state index in [4.69, 9.17) is 4.84 Å². The molecule has 6 nitrogen and oxygen atoms in total. The van der Waals surface area contributed by atoms with Crippen molar-refractivity contribution in [2.45, 2.75) is 32.6 Å². The predicted molar refractivity (Wildman–Crippen MR) is 113 cm³/mol. The first kappa shape index (κ1) is 21.9. The minimum atomic E-state index is -0.911. The van der Waals surface area contributed by atoms with Crippen LogP contribution in [0.15, 0.2) is 67.3 Å². The minimum absolute atomic E-state index is 0.149. The largest absolute Gasteiger partial charge is 0.432 e. The summed E-state index contributed by atoms with van der Waals surface area (Å²) in [6, 6.07) is 12.5. The van der Waals surface area contributed by atoms with Crippen LogP contribution in [0.5, 0.6) is 0 Å². The van der Waals surface area contributed by atoms with Crippen LogP contribution < -0.4 is 5.32 Å². The van der Waals surface area contributed by atoms with Crippen molar-refractivity contribution >= 4 is 28.7 Å². The van der Waals surface area contributed by atoms with E-state index in [1.54, 1.807) is 30.3 Å². The van der Waals surface area contributed by atoms with E-state index in [1.807, 2.05) is 18.2 Å². The first-order valence-corrected chi connectivity index (χ1v) is 9.68. The molecule has 1 N–H and O–H groups in total. The molecule has 152 valence electrons. The summed E-state index contributed by atoms with van der Waals surface area (Å²) >= 11 is 0. The first-order chi connectivity index (χ1) is 14.1. The lowest BCUT2D eigenvalue weighted by molar-refractivity contribution is -0.148. The van der Waals surface area contributed by atoms with Crippen molar-refractivity contribution in [1.82, 2.24) is 10.4 Å². The maximum Gasteiger partial charge on any atom is 0.432 e. The average Bonchev–Trinajstić information content (AvgIpc) is 2.74. The molecule has 0 saturated heterocycles. The zero-order valence-corrected chi connectivity index (χ0v) is 16.6. The number of unbranched alkanes of at least 4 members (excludes halogenated alkanes) is 3. The van der Waals surface area contributed by atoms with Gasteiger partial charge in [-0.05, 0) is 29.7 Å². The van der Waals surface area contributed by atoms with E-state index in [9.17, 15) is 14.4 Å². The van der Waals surface area contributed by atoms with Crippen molar-refractivity contribution in [1.29, 1.82) is 0 Å². The fraction of sp³-hybridized carbons (Fsp3) is 0.261. The Morgan fingerprint density at radius 3 is 2.62 bits per heavy atom. The lowest BCUT2D eigenvalue weighted by Crippen LogP contribution is -2.41. The van der Waals surface area contributed by atoms with Crippen LogP contribution in [-0.4, -0.2) is 29.5 Å². The summed E-state index contributed by atoms with van der Waals surface area (Å²) in [7, 11) is 0. The van der Waals surface area contributed by atoms with Crippen molar-refractivity contribution in [3.63, 3.8) is 0 Å². The highest BCUT2D eigenvalue weighted by Gasteiger charge is 2.27. The quantitative estimate of drug-likeness (QED) is 0.303. The number of amides is 3. The zero-order chi connectivity index (χ0) is 21.1. The van der Waals surface area contributed by atoms with Gasteiger partial charge in [0.1, 0.15) is 0 Å². The fourth-order valence-electron chi connectivity index (χ4n) is 2.74. The molecule has 2 aromatic rings. The highest BCUT2D eigenvalue weighted by molar-refractivity contribution is 6.13. The molecule has 2 aromatic carbocycles. The van der Waals surface area contributed by atoms with Crippen LogP contribution in [0, 0.1) is 0 Å². The molecule has 2 rings (SSSR count). The number of rotatable bonds is 8. The maximum atomic E-state index is 13.1. The van der Waals surface area contributed by atoms with Crippen LogP contribution in [-0.2, 0) is 9.63 Å². The molecule has 29 heavy (non-hydrogen) atoms. The highest BCUT2D eigenvalue weighted by atomic mass is 16.7. The van der Waals surface area contributed by atoms with Gasteiger partial charge < -0.3 is 10.2 Å². The molecule has 0 saturated carbocycles. The number of benzene rings is 2. The Morgan fingerprint density at radius 2 is 1.86 bits per heavy atom. The average molecular weight is 394 g/mol. The molecule has 0 spiro atoms. The summed E-state index contributed by atoms with van der Waals surface area (Å²) in [5.41, 5.74) is 0.271. The first-order valence-electron chi connectivity index (χ1n) is 9.68. The number of nitrogens with zero attached hydrogens (tertiary/aromatic N) is 1. The molecule has 0 unspecified atom stereocenters. The van der Waals surface area contributed by atoms with Gasteiger partial charge in [-0.1, -0.05) is 73.4 Å². The van der Waals surface area contributed by atoms with Crippen LogP contribution in [0.1, 0.15) is 43.0 Å². The predicted octanol–water partition coefficient (Wildman–Crippen LogP) is 4.77. The van der Waals surface area contributed by atoms with Gasteiger partial charge in [0, 0.05) is 12.6 Å². The van der Waals surface area contributed by atoms with E-state index in [-0.39, 0.29) is 12.1 Å². The minimum Gasteiger partial charge on any atom is -0.316 e. The van der Waals surface area contributed by atoms with E-state index in [0.717, 1.165) is 24.6 Å². The summed E-state index contributed by atoms with van der Waals surface area (Å²) in [5.74, 6) is -1.42. The van der Waals surface area contributed by atoms with Gasteiger partial charge in [0.25, 0.3) is 11.8 Å². The molecule has 0 fully saturated rings. The Balaban J connectivity index is 2.27. The SMILES string of the molecule is C=CCNC(=O)ON(C(=O)C=CCCCCC)C(=O)c1cccc2ccccc12. The number of nitrogens with one attached hydrogen (secondary N) is 1. The van der Waals surface area contributed by atoms with Crippen LogP contribution >= 0.6 is 0 Å². The van der Waals surface area contributed by atoms with E-state index < -0.39 is 17.9 Å². The monoisotopic (exact) mass is 394 g/mol. The molecule has 0 heterocycles. The molecule has 6 heteroatoms. The molecule has 0 radical (unpaired) electrons. The number of carbonyl (C=O) groups is 3. The number of hydroxylamine groups is 2. The molecule has 0 aliphatic rings. The summed E-state index contributed by atoms with van der Waals surface area (Å²) in [6.45, 7) is 5.74. The molecular weight excluding hydrogens is 368 g/mol. The number of hydrogen-bond acceptors (Lipinski definition) is 4. The van der Waals surface area contributed by atoms with Gasteiger partial charge in [0.15, 0.2) is 0 Å². The number of carbonyl (C=O) groups excluding carboxylic acids is 3. The van der Waals surface area contributed by atoms with Crippen molar-refractivity contribution in [2.24, 2.45) is 0 Å². The standard InChI is InChI=1S/C23H26N2O4/c1-3-5-6-7-8-16-21(26)25(29-23(28)24-17-4-2)22(27)20-15-11-13-18-12-9-10-14-19(18)20/h4,8-16H,2-3,5-7,17H2,1H3,(H,24,28). The van der Waals surface area contributed by atoms with Crippen LogP contribution in [0.2, 0.25) is 0 Å². The lowest BCUT2D eigenvalue weighted by Gasteiger charge is -2.19. The van der Waals surface area contributed by atoms with E-state index >= 15 is 0 Å². The Kier molecular flexibility index (Phi) is 8.63. The normalized spacial score (nSPS) is 10.7. The molecule has 0 bridgehead atoms. The van der Waals surface area contributed by atoms with Gasteiger partial charge in [-0.2, -0.15) is 0 Å². The zero-order valence-electron chi connectivity index (χ0n) is 16.6. The summed E-state index contributed by atoms with van der Waals surface area (Å²) in [6.07, 6.45) is 7.28. The van der Waals surface area contributed by atoms with E-state index in [0.29, 0.717) is 16.9 Å². The molecule has 3 amide bonds. The van der Waals surface area contributed by atoms with Crippen molar-refractivity contribution in [2.75, 3.05) is 6.54 Å². The number of allylic oxidation sites excluding steroid dienone is 1. The second kappa shape index (κ2) is 11.4. The Hall–Kier alpha value is -3.41. The third kappa shape index (κ3) is 6.31. The maximum absolute atomic E-state index is 13.1. The number of fused-ring (bicyclic) bond motifs is 1. The Bertz CT molecular complexity index is 899. The van der Waals surface area contributed by atoms with Gasteiger partial charge in [0.05, 0.1) is 5.56 Å². The third-order valence-electron chi connectivity index (χ3n) is 4.20. The molecule has 0 aliphatic carbocycles. The summed E-state index contributed by atoms with van der Waals surface area (Å²) < 4.78 is 0. The van der Waals surface area contributed by atoms with Crippen LogP contribution in [0.4, 0.5) is 4.79 Å². The lowest BCUT2D eigenvalue weighted by atomic mass is 10.0. The fourth-order valence-corrected chi connectivity index (χ4v) is 2.74. The molecule has 0 aliphatic heterocycles. The summed E-state index contributed by atoms with van der Waals surface area (Å²) in [5, 5.41) is 4.40. The van der Waals surface area contributed by atoms with Crippen molar-refractivity contribution in [3.05, 3.63) is 72.8 Å². The molecule has 0 atom stereocenters. The topological polar surface area (TPSA) is 75.7 Å². The van der Waals surface area contributed by atoms with Gasteiger partial charge in [-0.25, -0.2) is 4.79 Å². The molecular formula is C23H26N2O4. The van der Waals surface area contributed by atoms with Crippen LogP contribution in [0.3, 0.4) is 0 Å². The summed E-state index contributed by atoms with van der Waals surface area (Å²) in [4.78, 5) is 42.7. The third-order valence-corrected chi connectivity index (χ3v) is 4.20. The molecule has 0 aromatic heterocycles. The second-order valence-corrected chi connectivity index (χ2v) is 6.41.